The van der Waals surface area contributed by atoms with Crippen LogP contribution in [0.3, 0.4) is 0 Å². The Labute approximate surface area is 83.8 Å². The summed E-state index contributed by atoms with van der Waals surface area (Å²) in [6.45, 7) is 4.25. The van der Waals surface area contributed by atoms with Gasteiger partial charge in [0.2, 0.25) is 0 Å². The maximum Gasteiger partial charge on any atom is 0.124 e. The lowest BCUT2D eigenvalue weighted by atomic mass is 10.4. The van der Waals surface area contributed by atoms with Gasteiger partial charge in [-0.05, 0) is 18.2 Å². The summed E-state index contributed by atoms with van der Waals surface area (Å²) in [6.07, 6.45) is 1.76. The zero-order valence-electron chi connectivity index (χ0n) is 7.72. The van der Waals surface area contributed by atoms with Crippen LogP contribution >= 0.6 is 0 Å². The van der Waals surface area contributed by atoms with Crippen LogP contribution in [0, 0.1) is 0 Å². The SMILES string of the molecule is C=CC[NH3+].O=S(=O)([O-])c1ccccc1. The number of benzene rings is 1. The summed E-state index contributed by atoms with van der Waals surface area (Å²) in [4.78, 5) is -0.185. The fraction of sp³-hybridized carbons (Fsp3) is 0.111. The van der Waals surface area contributed by atoms with Gasteiger partial charge in [0.25, 0.3) is 0 Å². The summed E-state index contributed by atoms with van der Waals surface area (Å²) < 4.78 is 30.8. The van der Waals surface area contributed by atoms with E-state index in [1.54, 1.807) is 12.1 Å². The van der Waals surface area contributed by atoms with Crippen molar-refractivity contribution in [1.29, 1.82) is 0 Å². The molecule has 0 aromatic heterocycles. The van der Waals surface area contributed by atoms with E-state index in [-0.39, 0.29) is 4.90 Å². The van der Waals surface area contributed by atoms with Crippen LogP contribution in [0.4, 0.5) is 0 Å². The third-order valence-corrected chi connectivity index (χ3v) is 2.09. The minimum atomic E-state index is -4.25. The van der Waals surface area contributed by atoms with E-state index < -0.39 is 10.1 Å². The van der Waals surface area contributed by atoms with Crippen LogP contribution in [-0.2, 0) is 10.1 Å². The number of hydrogen-bond acceptors (Lipinski definition) is 3. The van der Waals surface area contributed by atoms with Gasteiger partial charge in [0, 0.05) is 0 Å². The topological polar surface area (TPSA) is 84.8 Å². The van der Waals surface area contributed by atoms with Crippen molar-refractivity contribution in [3.63, 3.8) is 0 Å². The lowest BCUT2D eigenvalue weighted by Crippen LogP contribution is -2.48. The molecule has 0 bridgehead atoms. The lowest BCUT2D eigenvalue weighted by Gasteiger charge is -2.04. The van der Waals surface area contributed by atoms with E-state index in [4.69, 9.17) is 0 Å². The molecule has 3 N–H and O–H groups in total. The fourth-order valence-electron chi connectivity index (χ4n) is 0.587. The van der Waals surface area contributed by atoms with Gasteiger partial charge in [-0.1, -0.05) is 24.8 Å². The van der Waals surface area contributed by atoms with Crippen LogP contribution in [0.1, 0.15) is 0 Å². The van der Waals surface area contributed by atoms with Gasteiger partial charge < -0.3 is 10.3 Å². The Balaban J connectivity index is 0.000000364. The molecule has 1 rings (SSSR count). The normalized spacial score (nSPS) is 9.86. The second-order valence-corrected chi connectivity index (χ2v) is 3.72. The monoisotopic (exact) mass is 215 g/mol. The van der Waals surface area contributed by atoms with Gasteiger partial charge in [-0.2, -0.15) is 0 Å². The molecule has 0 saturated carbocycles. The average molecular weight is 215 g/mol. The van der Waals surface area contributed by atoms with E-state index >= 15 is 0 Å². The molecule has 0 amide bonds. The smallest absolute Gasteiger partial charge is 0.124 e. The standard InChI is InChI=1S/C6H6O3S.C3H7N/c7-10(8,9)6-4-2-1-3-5-6;1-2-3-4/h1-5H,(H,7,8,9);2H,1,3-4H2. The van der Waals surface area contributed by atoms with Gasteiger partial charge in [-0.15, -0.1) is 0 Å². The molecule has 0 fully saturated rings. The molecule has 14 heavy (non-hydrogen) atoms. The molecule has 1 aromatic carbocycles. The van der Waals surface area contributed by atoms with E-state index in [1.807, 2.05) is 0 Å². The molecule has 5 heteroatoms. The maximum absolute atomic E-state index is 10.3. The fourth-order valence-corrected chi connectivity index (χ4v) is 1.08. The Kier molecular flexibility index (Phi) is 5.78. The third kappa shape index (κ3) is 5.47. The van der Waals surface area contributed by atoms with E-state index in [1.165, 1.54) is 24.3 Å². The van der Waals surface area contributed by atoms with Crippen molar-refractivity contribution in [2.45, 2.75) is 4.90 Å². The van der Waals surface area contributed by atoms with Crippen LogP contribution in [0.15, 0.2) is 47.9 Å². The van der Waals surface area contributed by atoms with Gasteiger partial charge in [-0.25, -0.2) is 8.42 Å². The molecule has 4 nitrogen and oxygen atoms in total. The molecule has 0 radical (unpaired) electrons. The first kappa shape index (κ1) is 12.8. The van der Waals surface area contributed by atoms with Gasteiger partial charge in [0.05, 0.1) is 11.4 Å². The van der Waals surface area contributed by atoms with E-state index in [0.717, 1.165) is 6.54 Å². The Morgan fingerprint density at radius 1 is 1.36 bits per heavy atom. The average Bonchev–Trinajstić information content (AvgIpc) is 2.18. The molecular formula is C9H13NO3S. The zero-order chi connectivity index (χ0) is 11.0. The first-order chi connectivity index (χ1) is 6.52. The van der Waals surface area contributed by atoms with Crippen LogP contribution in [-0.4, -0.2) is 19.5 Å². The Morgan fingerprint density at radius 2 is 1.79 bits per heavy atom. The van der Waals surface area contributed by atoms with Crippen LogP contribution in [0.2, 0.25) is 0 Å². The number of quaternary nitrogens is 1. The van der Waals surface area contributed by atoms with E-state index in [9.17, 15) is 13.0 Å². The third-order valence-electron chi connectivity index (χ3n) is 1.24. The predicted molar refractivity (Wildman–Crippen MR) is 52.4 cm³/mol. The van der Waals surface area contributed by atoms with Crippen LogP contribution in [0.25, 0.3) is 0 Å². The van der Waals surface area contributed by atoms with Crippen LogP contribution in [0.5, 0.6) is 0 Å². The highest BCUT2D eigenvalue weighted by Crippen LogP contribution is 2.04. The maximum atomic E-state index is 10.3. The first-order valence-electron chi connectivity index (χ1n) is 3.93. The van der Waals surface area contributed by atoms with Gasteiger partial charge in [-0.3, -0.25) is 0 Å². The summed E-state index contributed by atoms with van der Waals surface area (Å²) in [5, 5.41) is 0. The molecule has 0 aliphatic heterocycles. The molecule has 0 aliphatic carbocycles. The van der Waals surface area contributed by atoms with Crippen molar-refractivity contribution < 1.29 is 18.7 Å². The summed E-state index contributed by atoms with van der Waals surface area (Å²) in [7, 11) is -4.25. The molecule has 0 spiro atoms. The zero-order valence-corrected chi connectivity index (χ0v) is 8.53. The van der Waals surface area contributed by atoms with Gasteiger partial charge in [0.1, 0.15) is 10.1 Å². The van der Waals surface area contributed by atoms with Crippen LogP contribution < -0.4 is 5.73 Å². The van der Waals surface area contributed by atoms with Crippen molar-refractivity contribution in [1.82, 2.24) is 0 Å². The van der Waals surface area contributed by atoms with Crippen molar-refractivity contribution in [3.8, 4) is 0 Å². The molecule has 0 aliphatic rings. The van der Waals surface area contributed by atoms with Crippen molar-refractivity contribution >= 4 is 10.1 Å². The quantitative estimate of drug-likeness (QED) is 0.557. The van der Waals surface area contributed by atoms with E-state index in [2.05, 4.69) is 12.3 Å². The second-order valence-electron chi connectivity index (χ2n) is 2.34. The number of rotatable bonds is 2. The van der Waals surface area contributed by atoms with Crippen molar-refractivity contribution in [2.75, 3.05) is 6.54 Å². The molecule has 0 unspecified atom stereocenters. The van der Waals surface area contributed by atoms with Crippen molar-refractivity contribution in [3.05, 3.63) is 43.0 Å². The summed E-state index contributed by atoms with van der Waals surface area (Å²) in [6, 6.07) is 7.19. The summed E-state index contributed by atoms with van der Waals surface area (Å²) in [5.74, 6) is 0. The molecule has 1 aromatic rings. The first-order valence-corrected chi connectivity index (χ1v) is 5.34. The van der Waals surface area contributed by atoms with Gasteiger partial charge >= 0.3 is 0 Å². The predicted octanol–water partition coefficient (Wildman–Crippen LogP) is 0.00500. The molecule has 0 heterocycles. The van der Waals surface area contributed by atoms with E-state index in [0.29, 0.717) is 0 Å². The molecule has 0 atom stereocenters. The summed E-state index contributed by atoms with van der Waals surface area (Å²) in [5.41, 5.74) is 3.49. The van der Waals surface area contributed by atoms with Crippen molar-refractivity contribution in [2.24, 2.45) is 0 Å². The highest BCUT2D eigenvalue weighted by atomic mass is 32.2. The minimum absolute atomic E-state index is 0.185. The largest absolute Gasteiger partial charge is 0.744 e. The Bertz CT molecular complexity index is 359. The Hall–Kier alpha value is -1.17. The number of hydrogen-bond donors (Lipinski definition) is 1. The molecule has 78 valence electrons. The second kappa shape index (κ2) is 6.31. The lowest BCUT2D eigenvalue weighted by molar-refractivity contribution is -0.352. The highest BCUT2D eigenvalue weighted by molar-refractivity contribution is 7.85. The molecule has 0 saturated heterocycles. The van der Waals surface area contributed by atoms with Gasteiger partial charge in [0.15, 0.2) is 0 Å². The Morgan fingerprint density at radius 3 is 2.00 bits per heavy atom. The summed E-state index contributed by atoms with van der Waals surface area (Å²) >= 11 is 0. The highest BCUT2D eigenvalue weighted by Gasteiger charge is 1.95. The molecular weight excluding hydrogens is 202 g/mol. The minimum Gasteiger partial charge on any atom is -0.744 e.